The fraction of sp³-hybridized carbons (Fsp3) is 0.143. The van der Waals surface area contributed by atoms with Gasteiger partial charge in [0.05, 0.1) is 6.26 Å². The van der Waals surface area contributed by atoms with Crippen molar-refractivity contribution in [3.63, 3.8) is 0 Å². The molecule has 5 heteroatoms. The van der Waals surface area contributed by atoms with E-state index in [0.717, 1.165) is 11.4 Å². The molecule has 0 atom stereocenters. The minimum atomic E-state index is 0.440. The van der Waals surface area contributed by atoms with E-state index in [1.807, 2.05) is 50.2 Å². The Morgan fingerprint density at radius 2 is 1.95 bits per heavy atom. The monoisotopic (exact) mass is 273 g/mol. The topological polar surface area (TPSA) is 49.6 Å². The predicted octanol–water partition coefficient (Wildman–Crippen LogP) is 3.30. The molecule has 1 heterocycles. The van der Waals surface area contributed by atoms with Gasteiger partial charge in [0.2, 0.25) is 0 Å². The minimum Gasteiger partial charge on any atom is -0.463 e. The Balaban J connectivity index is 1.91. The van der Waals surface area contributed by atoms with Gasteiger partial charge in [0, 0.05) is 5.69 Å². The number of nitrogens with one attached hydrogen (secondary N) is 2. The Labute approximate surface area is 117 Å². The van der Waals surface area contributed by atoms with Gasteiger partial charge in [0.25, 0.3) is 0 Å². The fourth-order valence-electron chi connectivity index (χ4n) is 1.47. The highest BCUT2D eigenvalue weighted by molar-refractivity contribution is 7.80. The molecule has 0 amide bonds. The summed E-state index contributed by atoms with van der Waals surface area (Å²) in [5.41, 5.74) is 5.65. The number of hydrogen-bond acceptors (Lipinski definition) is 3. The molecule has 0 saturated carbocycles. The van der Waals surface area contributed by atoms with E-state index in [9.17, 15) is 0 Å². The van der Waals surface area contributed by atoms with Crippen molar-refractivity contribution in [3.05, 3.63) is 54.0 Å². The average Bonchev–Trinajstić information content (AvgIpc) is 2.93. The molecule has 2 aromatic rings. The van der Waals surface area contributed by atoms with Gasteiger partial charge in [-0.1, -0.05) is 17.7 Å². The summed E-state index contributed by atoms with van der Waals surface area (Å²) in [5.74, 6) is 0.714. The number of aryl methyl sites for hydroxylation is 1. The first-order valence-electron chi connectivity index (χ1n) is 5.87. The molecule has 1 aromatic carbocycles. The van der Waals surface area contributed by atoms with Crippen LogP contribution in [0.15, 0.2) is 52.2 Å². The van der Waals surface area contributed by atoms with Crippen molar-refractivity contribution >= 4 is 28.7 Å². The molecule has 0 saturated heterocycles. The van der Waals surface area contributed by atoms with Crippen LogP contribution in [0, 0.1) is 6.92 Å². The van der Waals surface area contributed by atoms with Crippen LogP contribution >= 0.6 is 12.2 Å². The van der Waals surface area contributed by atoms with Gasteiger partial charge in [-0.15, -0.1) is 0 Å². The maximum Gasteiger partial charge on any atom is 0.191 e. The molecular weight excluding hydrogens is 258 g/mol. The van der Waals surface area contributed by atoms with Crippen LogP contribution in [0.2, 0.25) is 0 Å². The predicted molar refractivity (Wildman–Crippen MR) is 81.5 cm³/mol. The number of rotatable bonds is 3. The first-order valence-corrected chi connectivity index (χ1v) is 6.28. The lowest BCUT2D eigenvalue weighted by molar-refractivity contribution is 0.556. The van der Waals surface area contributed by atoms with Crippen LogP contribution in [0.1, 0.15) is 18.2 Å². The summed E-state index contributed by atoms with van der Waals surface area (Å²) in [7, 11) is 0. The lowest BCUT2D eigenvalue weighted by atomic mass is 10.2. The molecule has 98 valence electrons. The zero-order valence-electron chi connectivity index (χ0n) is 10.8. The Hall–Kier alpha value is -2.14. The number of hydrazone groups is 1. The van der Waals surface area contributed by atoms with Crippen LogP contribution < -0.4 is 10.7 Å². The molecule has 19 heavy (non-hydrogen) atoms. The second-order valence-corrected chi connectivity index (χ2v) is 4.51. The standard InChI is InChI=1S/C14H15N3OS/c1-10-5-7-12(8-6-10)15-14(19)17-16-11(2)13-4-3-9-18-13/h3-9H,1-2H3,(H2,15,17,19)/b16-11-. The lowest BCUT2D eigenvalue weighted by Crippen LogP contribution is -2.24. The number of anilines is 1. The summed E-state index contributed by atoms with van der Waals surface area (Å²) >= 11 is 5.16. The molecule has 0 bridgehead atoms. The molecule has 0 aliphatic heterocycles. The maximum atomic E-state index is 5.22. The molecule has 0 unspecified atom stereocenters. The van der Waals surface area contributed by atoms with E-state index in [-0.39, 0.29) is 0 Å². The molecule has 2 rings (SSSR count). The Kier molecular flexibility index (Phi) is 4.30. The summed E-state index contributed by atoms with van der Waals surface area (Å²) in [5, 5.41) is 7.64. The van der Waals surface area contributed by atoms with Gasteiger partial charge in [0.1, 0.15) is 11.5 Å². The van der Waals surface area contributed by atoms with Crippen LogP contribution in [-0.2, 0) is 0 Å². The van der Waals surface area contributed by atoms with Crippen molar-refractivity contribution < 1.29 is 4.42 Å². The molecule has 0 spiro atoms. The van der Waals surface area contributed by atoms with E-state index in [1.165, 1.54) is 5.56 Å². The Morgan fingerprint density at radius 3 is 2.58 bits per heavy atom. The Bertz CT molecular complexity index is 573. The minimum absolute atomic E-state index is 0.440. The summed E-state index contributed by atoms with van der Waals surface area (Å²) in [6.07, 6.45) is 1.61. The van der Waals surface area contributed by atoms with Crippen LogP contribution in [0.3, 0.4) is 0 Å². The third-order valence-electron chi connectivity index (χ3n) is 2.51. The second kappa shape index (κ2) is 6.15. The van der Waals surface area contributed by atoms with Crippen LogP contribution in [0.4, 0.5) is 5.69 Å². The molecule has 0 aliphatic rings. The van der Waals surface area contributed by atoms with E-state index < -0.39 is 0 Å². The van der Waals surface area contributed by atoms with Gasteiger partial charge in [-0.3, -0.25) is 5.43 Å². The first kappa shape index (κ1) is 13.3. The number of thiocarbonyl (C=S) groups is 1. The quantitative estimate of drug-likeness (QED) is 0.512. The third-order valence-corrected chi connectivity index (χ3v) is 2.71. The largest absolute Gasteiger partial charge is 0.463 e. The zero-order chi connectivity index (χ0) is 13.7. The van der Waals surface area contributed by atoms with Crippen molar-refractivity contribution in [3.8, 4) is 0 Å². The smallest absolute Gasteiger partial charge is 0.191 e. The molecule has 2 N–H and O–H groups in total. The van der Waals surface area contributed by atoms with E-state index >= 15 is 0 Å². The Morgan fingerprint density at radius 1 is 1.21 bits per heavy atom. The fourth-order valence-corrected chi connectivity index (χ4v) is 1.63. The van der Waals surface area contributed by atoms with Crippen LogP contribution in [0.5, 0.6) is 0 Å². The molecule has 0 radical (unpaired) electrons. The summed E-state index contributed by atoms with van der Waals surface area (Å²) in [4.78, 5) is 0. The van der Waals surface area contributed by atoms with Gasteiger partial charge in [-0.25, -0.2) is 0 Å². The molecule has 0 fully saturated rings. The van der Waals surface area contributed by atoms with Gasteiger partial charge in [0.15, 0.2) is 5.11 Å². The SMILES string of the molecule is C/C(=N/NC(=S)Nc1ccc(C)cc1)c1ccco1. The molecular formula is C14H15N3OS. The highest BCUT2D eigenvalue weighted by Gasteiger charge is 2.00. The lowest BCUT2D eigenvalue weighted by Gasteiger charge is -2.07. The normalized spacial score (nSPS) is 11.2. The van der Waals surface area contributed by atoms with Gasteiger partial charge < -0.3 is 9.73 Å². The highest BCUT2D eigenvalue weighted by Crippen LogP contribution is 2.08. The molecule has 4 nitrogen and oxygen atoms in total. The van der Waals surface area contributed by atoms with Crippen molar-refractivity contribution in [1.82, 2.24) is 5.43 Å². The zero-order valence-corrected chi connectivity index (χ0v) is 11.6. The molecule has 0 aliphatic carbocycles. The third kappa shape index (κ3) is 3.93. The summed E-state index contributed by atoms with van der Waals surface area (Å²) in [6.45, 7) is 3.89. The maximum absolute atomic E-state index is 5.22. The van der Waals surface area contributed by atoms with Crippen molar-refractivity contribution in [2.45, 2.75) is 13.8 Å². The van der Waals surface area contributed by atoms with Crippen LogP contribution in [0.25, 0.3) is 0 Å². The van der Waals surface area contributed by atoms with Crippen molar-refractivity contribution in [1.29, 1.82) is 0 Å². The highest BCUT2D eigenvalue weighted by atomic mass is 32.1. The average molecular weight is 273 g/mol. The number of furan rings is 1. The number of nitrogens with zero attached hydrogens (tertiary/aromatic N) is 1. The molecule has 1 aromatic heterocycles. The van der Waals surface area contributed by atoms with E-state index in [1.54, 1.807) is 6.26 Å². The van der Waals surface area contributed by atoms with Gasteiger partial charge in [-0.05, 0) is 50.3 Å². The number of benzene rings is 1. The van der Waals surface area contributed by atoms with Crippen molar-refractivity contribution in [2.75, 3.05) is 5.32 Å². The first-order chi connectivity index (χ1) is 9.15. The van der Waals surface area contributed by atoms with E-state index in [4.69, 9.17) is 16.6 Å². The van der Waals surface area contributed by atoms with Crippen molar-refractivity contribution in [2.24, 2.45) is 5.10 Å². The van der Waals surface area contributed by atoms with Gasteiger partial charge in [-0.2, -0.15) is 5.10 Å². The number of hydrogen-bond donors (Lipinski definition) is 2. The van der Waals surface area contributed by atoms with Gasteiger partial charge >= 0.3 is 0 Å². The van der Waals surface area contributed by atoms with E-state index in [2.05, 4.69) is 15.8 Å². The van der Waals surface area contributed by atoms with E-state index in [0.29, 0.717) is 10.9 Å². The summed E-state index contributed by atoms with van der Waals surface area (Å²) < 4.78 is 5.22. The second-order valence-electron chi connectivity index (χ2n) is 4.11. The summed E-state index contributed by atoms with van der Waals surface area (Å²) in [6, 6.07) is 11.6. The van der Waals surface area contributed by atoms with Crippen LogP contribution in [-0.4, -0.2) is 10.8 Å².